The predicted molar refractivity (Wildman–Crippen MR) is 71.6 cm³/mol. The van der Waals surface area contributed by atoms with Crippen LogP contribution in [0, 0.1) is 11.8 Å². The first-order chi connectivity index (χ1) is 8.52. The second-order valence-corrected chi connectivity index (χ2v) is 4.36. The molecule has 0 aromatic carbocycles. The molecule has 0 saturated carbocycles. The first kappa shape index (κ1) is 23.7. The molecule has 0 heterocycles. The van der Waals surface area contributed by atoms with Crippen LogP contribution >= 0.6 is 0 Å². The van der Waals surface area contributed by atoms with Gasteiger partial charge in [0, 0.05) is 5.92 Å². The molecule has 0 bridgehead atoms. The maximum Gasteiger partial charge on any atom is 0.419 e. The van der Waals surface area contributed by atoms with Crippen LogP contribution in [0.1, 0.15) is 48.5 Å². The van der Waals surface area contributed by atoms with E-state index in [1.807, 2.05) is 13.8 Å². The Morgan fingerprint density at radius 1 is 0.842 bits per heavy atom. The summed E-state index contributed by atoms with van der Waals surface area (Å²) in [5.41, 5.74) is 4.50. The van der Waals surface area contributed by atoms with Crippen molar-refractivity contribution < 1.29 is 22.3 Å². The summed E-state index contributed by atoms with van der Waals surface area (Å²) in [4.78, 5) is 0. The van der Waals surface area contributed by atoms with Crippen molar-refractivity contribution in [3.8, 4) is 0 Å². The fraction of sp³-hybridized carbons (Fsp3) is 1.00. The zero-order valence-corrected chi connectivity index (χ0v) is 13.2. The van der Waals surface area contributed by atoms with Crippen LogP contribution in [0.15, 0.2) is 0 Å². The number of nitrogens with two attached hydrogens (primary N) is 1. The Hall–Kier alpha value is -0.360. The van der Waals surface area contributed by atoms with Crippen molar-refractivity contribution >= 4 is 0 Å². The van der Waals surface area contributed by atoms with Crippen molar-refractivity contribution in [1.29, 1.82) is 0 Å². The molecule has 1 atom stereocenters. The molecule has 0 aromatic heterocycles. The summed E-state index contributed by atoms with van der Waals surface area (Å²) >= 11 is 0. The highest BCUT2D eigenvalue weighted by Crippen LogP contribution is 2.41. The lowest BCUT2D eigenvalue weighted by molar-refractivity contribution is -0.374. The highest BCUT2D eigenvalue weighted by Gasteiger charge is 2.60. The van der Waals surface area contributed by atoms with E-state index in [0.717, 1.165) is 13.8 Å². The molecule has 0 saturated heterocycles. The van der Waals surface area contributed by atoms with Gasteiger partial charge < -0.3 is 10.5 Å². The summed E-state index contributed by atoms with van der Waals surface area (Å²) in [5.74, 6) is -5.85. The Morgan fingerprint density at radius 2 is 1.16 bits per heavy atom. The van der Waals surface area contributed by atoms with Crippen molar-refractivity contribution in [1.82, 2.24) is 0 Å². The van der Waals surface area contributed by atoms with Gasteiger partial charge in [0.05, 0.1) is 6.10 Å². The Kier molecular flexibility index (Phi) is 13.0. The van der Waals surface area contributed by atoms with Gasteiger partial charge in [-0.2, -0.15) is 17.6 Å². The second-order valence-electron chi connectivity index (χ2n) is 4.36. The first-order valence-electron chi connectivity index (χ1n) is 6.53. The van der Waals surface area contributed by atoms with E-state index in [1.54, 1.807) is 13.8 Å². The van der Waals surface area contributed by atoms with Crippen LogP contribution in [0.2, 0.25) is 0 Å². The van der Waals surface area contributed by atoms with E-state index in [-0.39, 0.29) is 5.92 Å². The van der Waals surface area contributed by atoms with Gasteiger partial charge in [0.15, 0.2) is 0 Å². The van der Waals surface area contributed by atoms with E-state index in [1.165, 1.54) is 14.0 Å². The largest absolute Gasteiger partial charge is 0.419 e. The number of alkyl halides is 4. The summed E-state index contributed by atoms with van der Waals surface area (Å²) in [6, 6.07) is 0. The van der Waals surface area contributed by atoms with Gasteiger partial charge in [-0.05, 0) is 19.9 Å². The molecule has 120 valence electrons. The molecule has 0 amide bonds. The third kappa shape index (κ3) is 7.72. The smallest absolute Gasteiger partial charge is 0.333 e. The van der Waals surface area contributed by atoms with Gasteiger partial charge in [-0.1, -0.05) is 41.5 Å². The van der Waals surface area contributed by atoms with Crippen LogP contribution in [0.3, 0.4) is 0 Å². The molecule has 2 nitrogen and oxygen atoms in total. The van der Waals surface area contributed by atoms with Crippen molar-refractivity contribution in [2.24, 2.45) is 17.6 Å². The maximum absolute atomic E-state index is 13.1. The molecular formula is C13H29F4NO. The van der Waals surface area contributed by atoms with Gasteiger partial charge in [-0.15, -0.1) is 0 Å². The van der Waals surface area contributed by atoms with Gasteiger partial charge in [0.25, 0.3) is 0 Å². The quantitative estimate of drug-likeness (QED) is 0.755. The maximum atomic E-state index is 13.1. The van der Waals surface area contributed by atoms with Gasteiger partial charge in [-0.3, -0.25) is 0 Å². The molecule has 0 aromatic rings. The summed E-state index contributed by atoms with van der Waals surface area (Å²) in [6.45, 7) is 10.7. The minimum absolute atomic E-state index is 0.237. The lowest BCUT2D eigenvalue weighted by atomic mass is 10.0. The minimum atomic E-state index is -4.41. The molecular weight excluding hydrogens is 262 g/mol. The summed E-state index contributed by atoms with van der Waals surface area (Å²) in [7, 11) is 1.50. The van der Waals surface area contributed by atoms with Crippen LogP contribution in [0.4, 0.5) is 17.6 Å². The molecule has 19 heavy (non-hydrogen) atoms. The third-order valence-electron chi connectivity index (χ3n) is 2.39. The highest BCUT2D eigenvalue weighted by atomic mass is 19.3. The Bertz CT molecular complexity index is 209. The number of rotatable bonds is 5. The van der Waals surface area contributed by atoms with E-state index in [4.69, 9.17) is 0 Å². The van der Waals surface area contributed by atoms with Gasteiger partial charge in [0.1, 0.15) is 0 Å². The molecule has 0 radical (unpaired) electrons. The lowest BCUT2D eigenvalue weighted by Gasteiger charge is -2.32. The average molecular weight is 291 g/mol. The summed E-state index contributed by atoms with van der Waals surface area (Å²) in [6.07, 6.45) is -5.32. The van der Waals surface area contributed by atoms with E-state index < -0.39 is 24.1 Å². The zero-order chi connectivity index (χ0) is 16.4. The molecule has 0 aliphatic rings. The van der Waals surface area contributed by atoms with Crippen molar-refractivity contribution in [3.63, 3.8) is 0 Å². The standard InChI is InChI=1S/C10H18F4O.C2H6.CH5N/c1-6(2)8(5)15-10(13,14)9(11,12)7(3)4;2*1-2/h6-8H,1-5H3;1-2H3;2H2,1H3. The first-order valence-corrected chi connectivity index (χ1v) is 6.53. The molecule has 6 heteroatoms. The fourth-order valence-corrected chi connectivity index (χ4v) is 0.784. The monoisotopic (exact) mass is 291 g/mol. The van der Waals surface area contributed by atoms with Crippen molar-refractivity contribution in [2.75, 3.05) is 7.05 Å². The number of halogens is 4. The average Bonchev–Trinajstić information content (AvgIpc) is 2.33. The van der Waals surface area contributed by atoms with Crippen LogP contribution in [0.25, 0.3) is 0 Å². The predicted octanol–water partition coefficient (Wildman–Crippen LogP) is 4.53. The SMILES string of the molecule is CC.CC(C)C(C)OC(F)(F)C(F)(F)C(C)C.CN. The van der Waals surface area contributed by atoms with Crippen molar-refractivity contribution in [3.05, 3.63) is 0 Å². The van der Waals surface area contributed by atoms with E-state index >= 15 is 0 Å². The Balaban J connectivity index is -0.000000579. The van der Waals surface area contributed by atoms with E-state index in [9.17, 15) is 17.6 Å². The van der Waals surface area contributed by atoms with Crippen LogP contribution in [-0.4, -0.2) is 25.2 Å². The minimum Gasteiger partial charge on any atom is -0.333 e. The van der Waals surface area contributed by atoms with Crippen LogP contribution in [0.5, 0.6) is 0 Å². The third-order valence-corrected chi connectivity index (χ3v) is 2.39. The number of hydrogen-bond acceptors (Lipinski definition) is 2. The molecule has 0 aliphatic heterocycles. The number of ether oxygens (including phenoxy) is 1. The van der Waals surface area contributed by atoms with Crippen LogP contribution < -0.4 is 5.73 Å². The van der Waals surface area contributed by atoms with Gasteiger partial charge >= 0.3 is 12.0 Å². The fourth-order valence-electron chi connectivity index (χ4n) is 0.784. The summed E-state index contributed by atoms with van der Waals surface area (Å²) in [5, 5.41) is 0. The molecule has 0 rings (SSSR count). The Labute approximate surface area is 114 Å². The second kappa shape index (κ2) is 10.4. The molecule has 1 unspecified atom stereocenters. The Morgan fingerprint density at radius 3 is 1.37 bits per heavy atom. The van der Waals surface area contributed by atoms with Crippen molar-refractivity contribution in [2.45, 2.75) is 66.6 Å². The highest BCUT2D eigenvalue weighted by molar-refractivity contribution is 4.81. The lowest BCUT2D eigenvalue weighted by Crippen LogP contribution is -2.48. The van der Waals surface area contributed by atoms with Gasteiger partial charge in [0.2, 0.25) is 0 Å². The normalized spacial score (nSPS) is 13.4. The van der Waals surface area contributed by atoms with Gasteiger partial charge in [-0.25, -0.2) is 0 Å². The molecule has 0 aliphatic carbocycles. The molecule has 2 N–H and O–H groups in total. The topological polar surface area (TPSA) is 35.2 Å². The molecule has 0 fully saturated rings. The van der Waals surface area contributed by atoms with E-state index in [0.29, 0.717) is 0 Å². The number of hydrogen-bond donors (Lipinski definition) is 1. The molecule has 0 spiro atoms. The van der Waals surface area contributed by atoms with Crippen LogP contribution in [-0.2, 0) is 4.74 Å². The zero-order valence-electron chi connectivity index (χ0n) is 13.2. The van der Waals surface area contributed by atoms with E-state index in [2.05, 4.69) is 10.5 Å². The summed E-state index contributed by atoms with van der Waals surface area (Å²) < 4.78 is 56.5.